The number of rotatable bonds is 5. The molecular formula is C28H23N3O3S. The number of aryl methyl sites for hydroxylation is 1. The van der Waals surface area contributed by atoms with Gasteiger partial charge >= 0.3 is 0 Å². The number of carbonyl (C=O) groups excluding carboxylic acids is 1. The van der Waals surface area contributed by atoms with E-state index in [0.717, 1.165) is 33.9 Å². The number of hydrogen-bond donors (Lipinski definition) is 2. The Labute approximate surface area is 207 Å². The van der Waals surface area contributed by atoms with Crippen LogP contribution in [0.15, 0.2) is 83.3 Å². The number of hydrogen-bond acceptors (Lipinski definition) is 5. The first kappa shape index (κ1) is 22.6. The monoisotopic (exact) mass is 481 g/mol. The van der Waals surface area contributed by atoms with Crippen molar-refractivity contribution < 1.29 is 13.9 Å². The number of ether oxygens (including phenoxy) is 1. The van der Waals surface area contributed by atoms with Crippen molar-refractivity contribution in [1.29, 1.82) is 0 Å². The molecule has 0 spiro atoms. The van der Waals surface area contributed by atoms with E-state index in [4.69, 9.17) is 21.4 Å². The number of aromatic nitrogens is 1. The molecule has 5 rings (SSSR count). The molecule has 0 aliphatic heterocycles. The molecule has 0 unspecified atom stereocenters. The Bertz CT molecular complexity index is 1570. The number of nitrogens with one attached hydrogen (secondary N) is 2. The third-order valence-electron chi connectivity index (χ3n) is 5.77. The van der Waals surface area contributed by atoms with Crippen LogP contribution < -0.4 is 15.4 Å². The summed E-state index contributed by atoms with van der Waals surface area (Å²) in [6, 6.07) is 25.0. The van der Waals surface area contributed by atoms with Crippen molar-refractivity contribution in [3.63, 3.8) is 0 Å². The van der Waals surface area contributed by atoms with Crippen LogP contribution in [0.25, 0.3) is 33.3 Å². The number of carbonyl (C=O) groups is 1. The number of amides is 1. The fraction of sp³-hybridized carbons (Fsp3) is 0.107. The van der Waals surface area contributed by atoms with Gasteiger partial charge in [0.1, 0.15) is 11.3 Å². The van der Waals surface area contributed by atoms with Crippen molar-refractivity contribution in [2.45, 2.75) is 13.3 Å². The van der Waals surface area contributed by atoms with E-state index in [1.54, 1.807) is 6.07 Å². The minimum atomic E-state index is -0.355. The predicted molar refractivity (Wildman–Crippen MR) is 143 cm³/mol. The van der Waals surface area contributed by atoms with E-state index in [2.05, 4.69) is 22.5 Å². The minimum absolute atomic E-state index is 0.174. The lowest BCUT2D eigenvalue weighted by Crippen LogP contribution is -2.34. The quantitative estimate of drug-likeness (QED) is 0.285. The highest BCUT2D eigenvalue weighted by Gasteiger charge is 2.16. The molecule has 4 aromatic carbocycles. The van der Waals surface area contributed by atoms with Crippen LogP contribution in [-0.2, 0) is 6.42 Å². The van der Waals surface area contributed by atoms with Gasteiger partial charge in [-0.25, -0.2) is 4.98 Å². The average Bonchev–Trinajstić information content (AvgIpc) is 3.31. The zero-order chi connectivity index (χ0) is 24.4. The summed E-state index contributed by atoms with van der Waals surface area (Å²) in [6.07, 6.45) is 0.936. The van der Waals surface area contributed by atoms with E-state index in [-0.39, 0.29) is 11.0 Å². The molecule has 0 aliphatic rings. The largest absolute Gasteiger partial charge is 0.496 e. The van der Waals surface area contributed by atoms with Crippen molar-refractivity contribution in [2.24, 2.45) is 0 Å². The standard InChI is InChI=1S/C28H23N3O3S/c1-3-17-11-12-24-23(13-17)30-27(34-24)20-9-6-10-21(14-20)29-28(35)31-26(32)22-15-18-7-4-5-8-19(18)16-25(22)33-2/h4-16H,3H2,1-2H3,(H2,29,31,32,35). The first-order valence-corrected chi connectivity index (χ1v) is 11.6. The van der Waals surface area contributed by atoms with E-state index >= 15 is 0 Å². The normalized spacial score (nSPS) is 10.9. The Balaban J connectivity index is 1.33. The topological polar surface area (TPSA) is 76.4 Å². The van der Waals surface area contributed by atoms with E-state index < -0.39 is 0 Å². The summed E-state index contributed by atoms with van der Waals surface area (Å²) in [5.74, 6) is 0.646. The van der Waals surface area contributed by atoms with Crippen molar-refractivity contribution >= 4 is 50.8 Å². The van der Waals surface area contributed by atoms with E-state index in [1.807, 2.05) is 72.8 Å². The van der Waals surface area contributed by atoms with Crippen LogP contribution in [0.4, 0.5) is 5.69 Å². The Hall–Kier alpha value is -4.23. The smallest absolute Gasteiger partial charge is 0.261 e. The van der Waals surface area contributed by atoms with Crippen LogP contribution in [0.2, 0.25) is 0 Å². The second-order valence-electron chi connectivity index (χ2n) is 8.06. The minimum Gasteiger partial charge on any atom is -0.496 e. The fourth-order valence-corrected chi connectivity index (χ4v) is 4.16. The molecule has 7 heteroatoms. The highest BCUT2D eigenvalue weighted by atomic mass is 32.1. The molecule has 0 bridgehead atoms. The van der Waals surface area contributed by atoms with Gasteiger partial charge in [0, 0.05) is 11.3 Å². The Kier molecular flexibility index (Phi) is 6.16. The number of oxazole rings is 1. The van der Waals surface area contributed by atoms with Gasteiger partial charge in [-0.15, -0.1) is 0 Å². The van der Waals surface area contributed by atoms with Crippen LogP contribution in [0.5, 0.6) is 5.75 Å². The molecule has 2 N–H and O–H groups in total. The van der Waals surface area contributed by atoms with E-state index in [9.17, 15) is 4.79 Å². The molecule has 1 heterocycles. The third-order valence-corrected chi connectivity index (χ3v) is 5.97. The molecule has 0 saturated carbocycles. The lowest BCUT2D eigenvalue weighted by atomic mass is 10.1. The van der Waals surface area contributed by atoms with Crippen LogP contribution in [-0.4, -0.2) is 23.1 Å². The molecule has 0 aliphatic carbocycles. The molecule has 0 radical (unpaired) electrons. The number of thiocarbonyl (C=S) groups is 1. The maximum absolute atomic E-state index is 13.0. The zero-order valence-electron chi connectivity index (χ0n) is 19.3. The van der Waals surface area contributed by atoms with Crippen LogP contribution in [0, 0.1) is 0 Å². The number of nitrogens with zero attached hydrogens (tertiary/aromatic N) is 1. The molecule has 0 fully saturated rings. The number of fused-ring (bicyclic) bond motifs is 2. The summed E-state index contributed by atoms with van der Waals surface area (Å²) in [5.41, 5.74) is 4.68. The van der Waals surface area contributed by atoms with Crippen LogP contribution >= 0.6 is 12.2 Å². The van der Waals surface area contributed by atoms with Crippen LogP contribution in [0.3, 0.4) is 0 Å². The van der Waals surface area contributed by atoms with Gasteiger partial charge in [-0.3, -0.25) is 10.1 Å². The van der Waals surface area contributed by atoms with Gasteiger partial charge in [-0.2, -0.15) is 0 Å². The van der Waals surface area contributed by atoms with Crippen LogP contribution in [0.1, 0.15) is 22.8 Å². The SMILES string of the molecule is CCc1ccc2oc(-c3cccc(NC(=S)NC(=O)c4cc5ccccc5cc4OC)c3)nc2c1. The average molecular weight is 482 g/mol. The van der Waals surface area contributed by atoms with Gasteiger partial charge in [0.2, 0.25) is 5.89 Å². The van der Waals surface area contributed by atoms with E-state index in [1.165, 1.54) is 12.7 Å². The van der Waals surface area contributed by atoms with Crippen molar-refractivity contribution in [1.82, 2.24) is 10.3 Å². The zero-order valence-corrected chi connectivity index (χ0v) is 20.1. The molecule has 1 amide bonds. The lowest BCUT2D eigenvalue weighted by Gasteiger charge is -2.13. The second-order valence-corrected chi connectivity index (χ2v) is 8.47. The maximum Gasteiger partial charge on any atom is 0.261 e. The molecule has 1 aromatic heterocycles. The van der Waals surface area contributed by atoms with Gasteiger partial charge in [-0.1, -0.05) is 43.3 Å². The van der Waals surface area contributed by atoms with Crippen molar-refractivity contribution in [3.8, 4) is 17.2 Å². The second kappa shape index (κ2) is 9.56. The Morgan fingerprint density at radius 1 is 1.00 bits per heavy atom. The molecule has 0 atom stereocenters. The Morgan fingerprint density at radius 2 is 1.80 bits per heavy atom. The molecule has 35 heavy (non-hydrogen) atoms. The summed E-state index contributed by atoms with van der Waals surface area (Å²) in [4.78, 5) is 17.6. The number of benzene rings is 4. The number of anilines is 1. The molecule has 6 nitrogen and oxygen atoms in total. The van der Waals surface area contributed by atoms with Gasteiger partial charge < -0.3 is 14.5 Å². The molecular weight excluding hydrogens is 458 g/mol. The summed E-state index contributed by atoms with van der Waals surface area (Å²) in [6.45, 7) is 2.11. The van der Waals surface area contributed by atoms with Crippen molar-refractivity contribution in [3.05, 3.63) is 90.0 Å². The summed E-state index contributed by atoms with van der Waals surface area (Å²) in [7, 11) is 1.54. The first-order chi connectivity index (χ1) is 17.0. The molecule has 5 aromatic rings. The van der Waals surface area contributed by atoms with Gasteiger partial charge in [0.25, 0.3) is 5.91 Å². The lowest BCUT2D eigenvalue weighted by molar-refractivity contribution is 0.0975. The van der Waals surface area contributed by atoms with Crippen molar-refractivity contribution in [2.75, 3.05) is 12.4 Å². The maximum atomic E-state index is 13.0. The fourth-order valence-electron chi connectivity index (χ4n) is 3.94. The summed E-state index contributed by atoms with van der Waals surface area (Å²) < 4.78 is 11.4. The van der Waals surface area contributed by atoms with Gasteiger partial charge in [0.15, 0.2) is 10.7 Å². The summed E-state index contributed by atoms with van der Waals surface area (Å²) in [5, 5.41) is 7.91. The Morgan fingerprint density at radius 3 is 2.57 bits per heavy atom. The van der Waals surface area contributed by atoms with Gasteiger partial charge in [-0.05, 0) is 77.4 Å². The highest BCUT2D eigenvalue weighted by Crippen LogP contribution is 2.28. The molecule has 0 saturated heterocycles. The van der Waals surface area contributed by atoms with E-state index in [0.29, 0.717) is 22.9 Å². The third kappa shape index (κ3) is 4.72. The first-order valence-electron chi connectivity index (χ1n) is 11.2. The number of methoxy groups -OCH3 is 1. The van der Waals surface area contributed by atoms with Gasteiger partial charge in [0.05, 0.1) is 12.7 Å². The highest BCUT2D eigenvalue weighted by molar-refractivity contribution is 7.80. The summed E-state index contributed by atoms with van der Waals surface area (Å²) >= 11 is 5.40. The predicted octanol–water partition coefficient (Wildman–Crippen LogP) is 6.35. The molecule has 174 valence electrons.